The molecule has 98 valence electrons. The van der Waals surface area contributed by atoms with Crippen LogP contribution >= 0.6 is 0 Å². The first kappa shape index (κ1) is 12.9. The smallest absolute Gasteiger partial charge is 0.314 e. The first-order valence-electron chi connectivity index (χ1n) is 6.58. The number of rotatable bonds is 2. The molecule has 2 rings (SSSR count). The van der Waals surface area contributed by atoms with Gasteiger partial charge < -0.3 is 10.8 Å². The van der Waals surface area contributed by atoms with Crippen LogP contribution in [0.1, 0.15) is 48.8 Å². The highest BCUT2D eigenvalue weighted by molar-refractivity contribution is 5.84. The fourth-order valence-corrected chi connectivity index (χ4v) is 3.13. The maximum atomic E-state index is 11.8. The second-order valence-corrected chi connectivity index (χ2v) is 5.49. The average Bonchev–Trinajstić information content (AvgIpc) is 2.34. The first-order chi connectivity index (χ1) is 8.47. The van der Waals surface area contributed by atoms with Crippen molar-refractivity contribution in [3.63, 3.8) is 0 Å². The van der Waals surface area contributed by atoms with E-state index in [-0.39, 0.29) is 0 Å². The van der Waals surface area contributed by atoms with Crippen LogP contribution in [0, 0.1) is 13.8 Å². The molecule has 18 heavy (non-hydrogen) atoms. The van der Waals surface area contributed by atoms with Crippen molar-refractivity contribution >= 4 is 11.7 Å². The molecule has 0 amide bonds. The van der Waals surface area contributed by atoms with Crippen molar-refractivity contribution in [2.75, 3.05) is 5.73 Å². The van der Waals surface area contributed by atoms with Gasteiger partial charge in [-0.2, -0.15) is 0 Å². The summed E-state index contributed by atoms with van der Waals surface area (Å²) in [7, 11) is 0. The number of aliphatic carboxylic acids is 1. The molecule has 1 aliphatic carbocycles. The lowest BCUT2D eigenvalue weighted by molar-refractivity contribution is -0.145. The monoisotopic (exact) mass is 247 g/mol. The van der Waals surface area contributed by atoms with Crippen LogP contribution in [0.5, 0.6) is 0 Å². The van der Waals surface area contributed by atoms with Crippen molar-refractivity contribution in [2.45, 2.75) is 51.4 Å². The number of hydrogen-bond donors (Lipinski definition) is 2. The minimum absolute atomic E-state index is 0.657. The van der Waals surface area contributed by atoms with Gasteiger partial charge in [0.2, 0.25) is 0 Å². The zero-order valence-corrected chi connectivity index (χ0v) is 11.1. The molecule has 0 atom stereocenters. The third kappa shape index (κ3) is 1.98. The molecule has 0 spiro atoms. The molecule has 3 nitrogen and oxygen atoms in total. The number of hydrogen-bond acceptors (Lipinski definition) is 2. The van der Waals surface area contributed by atoms with Gasteiger partial charge >= 0.3 is 5.97 Å². The van der Waals surface area contributed by atoms with Gasteiger partial charge in [0.25, 0.3) is 0 Å². The Morgan fingerprint density at radius 3 is 2.39 bits per heavy atom. The number of aryl methyl sites for hydroxylation is 2. The van der Waals surface area contributed by atoms with Gasteiger partial charge in [-0.05, 0) is 37.8 Å². The number of carboxylic acids is 1. The summed E-state index contributed by atoms with van der Waals surface area (Å²) in [6.45, 7) is 3.94. The van der Waals surface area contributed by atoms with Crippen LogP contribution in [0.2, 0.25) is 0 Å². The number of nitrogens with two attached hydrogens (primary N) is 1. The molecule has 0 bridgehead atoms. The quantitative estimate of drug-likeness (QED) is 0.789. The van der Waals surface area contributed by atoms with E-state index in [1.54, 1.807) is 0 Å². The van der Waals surface area contributed by atoms with Crippen LogP contribution in [-0.2, 0) is 10.2 Å². The maximum absolute atomic E-state index is 11.8. The summed E-state index contributed by atoms with van der Waals surface area (Å²) in [6.07, 6.45) is 4.47. The van der Waals surface area contributed by atoms with Crippen LogP contribution in [0.3, 0.4) is 0 Å². The largest absolute Gasteiger partial charge is 0.481 e. The summed E-state index contributed by atoms with van der Waals surface area (Å²) in [5.74, 6) is -0.723. The molecule has 1 aromatic carbocycles. The Bertz CT molecular complexity index is 474. The van der Waals surface area contributed by atoms with Crippen LogP contribution in [-0.4, -0.2) is 11.1 Å². The Morgan fingerprint density at radius 2 is 1.83 bits per heavy atom. The summed E-state index contributed by atoms with van der Waals surface area (Å²) < 4.78 is 0. The third-order valence-electron chi connectivity index (χ3n) is 4.16. The summed E-state index contributed by atoms with van der Waals surface area (Å²) in [5.41, 5.74) is 8.93. The standard InChI is InChI=1S/C15H21NO2/c1-10-8-11(2)13(16)12(9-10)15(14(17)18)6-4-3-5-7-15/h8-9H,3-7,16H2,1-2H3,(H,17,18). The van der Waals surface area contributed by atoms with E-state index in [9.17, 15) is 9.90 Å². The predicted octanol–water partition coefficient (Wildman–Crippen LogP) is 3.17. The van der Waals surface area contributed by atoms with Crippen LogP contribution < -0.4 is 5.73 Å². The molecule has 0 heterocycles. The fourth-order valence-electron chi connectivity index (χ4n) is 3.13. The SMILES string of the molecule is Cc1cc(C)c(N)c(C2(C(=O)O)CCCCC2)c1. The van der Waals surface area contributed by atoms with Crippen LogP contribution in [0.4, 0.5) is 5.69 Å². The predicted molar refractivity (Wildman–Crippen MR) is 72.7 cm³/mol. The highest BCUT2D eigenvalue weighted by Crippen LogP contribution is 2.43. The van der Waals surface area contributed by atoms with Gasteiger partial charge in [0.1, 0.15) is 0 Å². The minimum Gasteiger partial charge on any atom is -0.481 e. The molecular formula is C15H21NO2. The number of benzene rings is 1. The van der Waals surface area contributed by atoms with E-state index in [1.165, 1.54) is 0 Å². The van der Waals surface area contributed by atoms with E-state index >= 15 is 0 Å². The Hall–Kier alpha value is -1.51. The lowest BCUT2D eigenvalue weighted by Crippen LogP contribution is -2.38. The second-order valence-electron chi connectivity index (χ2n) is 5.49. The maximum Gasteiger partial charge on any atom is 0.314 e. The lowest BCUT2D eigenvalue weighted by atomic mass is 9.68. The Kier molecular flexibility index (Phi) is 3.33. The zero-order chi connectivity index (χ0) is 13.3. The van der Waals surface area contributed by atoms with Gasteiger partial charge in [-0.25, -0.2) is 0 Å². The van der Waals surface area contributed by atoms with Gasteiger partial charge in [0, 0.05) is 5.69 Å². The Balaban J connectivity index is 2.59. The molecule has 0 unspecified atom stereocenters. The lowest BCUT2D eigenvalue weighted by Gasteiger charge is -2.35. The Labute approximate surface area is 108 Å². The number of nitrogen functional groups attached to an aromatic ring is 1. The molecule has 1 aromatic rings. The van der Waals surface area contributed by atoms with Gasteiger partial charge in [-0.1, -0.05) is 37.0 Å². The van der Waals surface area contributed by atoms with E-state index in [4.69, 9.17) is 5.73 Å². The van der Waals surface area contributed by atoms with E-state index < -0.39 is 11.4 Å². The van der Waals surface area contributed by atoms with Gasteiger partial charge in [-0.15, -0.1) is 0 Å². The van der Waals surface area contributed by atoms with Crippen molar-refractivity contribution in [2.24, 2.45) is 0 Å². The van der Waals surface area contributed by atoms with Crippen molar-refractivity contribution in [1.82, 2.24) is 0 Å². The molecule has 1 aliphatic rings. The van der Waals surface area contributed by atoms with Crippen LogP contribution in [0.15, 0.2) is 12.1 Å². The third-order valence-corrected chi connectivity index (χ3v) is 4.16. The fraction of sp³-hybridized carbons (Fsp3) is 0.533. The second kappa shape index (κ2) is 4.63. The molecule has 3 heteroatoms. The van der Waals surface area contributed by atoms with Crippen molar-refractivity contribution in [1.29, 1.82) is 0 Å². The van der Waals surface area contributed by atoms with Crippen molar-refractivity contribution in [3.8, 4) is 0 Å². The molecule has 0 aliphatic heterocycles. The summed E-state index contributed by atoms with van der Waals surface area (Å²) in [4.78, 5) is 11.8. The van der Waals surface area contributed by atoms with Gasteiger partial charge in [0.15, 0.2) is 0 Å². The number of carbonyl (C=O) groups is 1. The van der Waals surface area contributed by atoms with E-state index in [2.05, 4.69) is 0 Å². The van der Waals surface area contributed by atoms with Gasteiger partial charge in [-0.3, -0.25) is 4.79 Å². The molecule has 0 aromatic heterocycles. The number of anilines is 1. The van der Waals surface area contributed by atoms with Gasteiger partial charge in [0.05, 0.1) is 5.41 Å². The molecule has 3 N–H and O–H groups in total. The topological polar surface area (TPSA) is 63.3 Å². The normalized spacial score (nSPS) is 18.6. The molecule has 0 saturated heterocycles. The molecule has 1 fully saturated rings. The molecular weight excluding hydrogens is 226 g/mol. The first-order valence-corrected chi connectivity index (χ1v) is 6.58. The Morgan fingerprint density at radius 1 is 1.22 bits per heavy atom. The van der Waals surface area contributed by atoms with E-state index in [0.717, 1.165) is 36.0 Å². The van der Waals surface area contributed by atoms with E-state index in [1.807, 2.05) is 26.0 Å². The molecule has 1 saturated carbocycles. The summed E-state index contributed by atoms with van der Waals surface area (Å²) in [6, 6.07) is 3.97. The highest BCUT2D eigenvalue weighted by Gasteiger charge is 2.42. The van der Waals surface area contributed by atoms with Crippen LogP contribution in [0.25, 0.3) is 0 Å². The number of carboxylic acid groups (broad SMARTS) is 1. The van der Waals surface area contributed by atoms with E-state index in [0.29, 0.717) is 18.5 Å². The van der Waals surface area contributed by atoms with Crippen molar-refractivity contribution < 1.29 is 9.90 Å². The molecule has 0 radical (unpaired) electrons. The summed E-state index contributed by atoms with van der Waals surface area (Å²) >= 11 is 0. The average molecular weight is 247 g/mol. The zero-order valence-electron chi connectivity index (χ0n) is 11.1. The summed E-state index contributed by atoms with van der Waals surface area (Å²) in [5, 5.41) is 9.69. The minimum atomic E-state index is -0.765. The van der Waals surface area contributed by atoms with Crippen molar-refractivity contribution in [3.05, 3.63) is 28.8 Å². The highest BCUT2D eigenvalue weighted by atomic mass is 16.4.